The van der Waals surface area contributed by atoms with Gasteiger partial charge >= 0.3 is 0 Å². The maximum atomic E-state index is 12.0. The third-order valence-electron chi connectivity index (χ3n) is 3.10. The van der Waals surface area contributed by atoms with Crippen molar-refractivity contribution in [2.24, 2.45) is 7.05 Å². The van der Waals surface area contributed by atoms with Crippen LogP contribution in [0.15, 0.2) is 30.9 Å². The molecule has 0 aliphatic heterocycles. The highest BCUT2D eigenvalue weighted by atomic mass is 16.2. The molecule has 0 aromatic carbocycles. The molecule has 2 heterocycles. The van der Waals surface area contributed by atoms with Gasteiger partial charge in [-0.15, -0.1) is 10.2 Å². The molecule has 7 heteroatoms. The number of likely N-dealkylation sites (N-methyl/N-ethyl adjacent to an activating group) is 1. The maximum absolute atomic E-state index is 12.0. The van der Waals surface area contributed by atoms with Crippen LogP contribution in [-0.2, 0) is 18.4 Å². The van der Waals surface area contributed by atoms with Crippen molar-refractivity contribution in [2.45, 2.75) is 19.5 Å². The first-order chi connectivity index (χ1) is 10.1. The Hall–Kier alpha value is -2.28. The Kier molecular flexibility index (Phi) is 4.99. The molecule has 1 atom stereocenters. The third-order valence-corrected chi connectivity index (χ3v) is 3.10. The van der Waals surface area contributed by atoms with Crippen LogP contribution in [0, 0.1) is 0 Å². The van der Waals surface area contributed by atoms with E-state index in [1.165, 1.54) is 0 Å². The van der Waals surface area contributed by atoms with Crippen LogP contribution in [0.5, 0.6) is 0 Å². The summed E-state index contributed by atoms with van der Waals surface area (Å²) in [4.78, 5) is 18.0. The van der Waals surface area contributed by atoms with Crippen LogP contribution in [0.1, 0.15) is 24.4 Å². The summed E-state index contributed by atoms with van der Waals surface area (Å²) in [7, 11) is 3.76. The fraction of sp³-hybridized carbons (Fsp3) is 0.429. The molecular weight excluding hydrogens is 268 g/mol. The summed E-state index contributed by atoms with van der Waals surface area (Å²) in [5.41, 5.74) is 1.08. The van der Waals surface area contributed by atoms with Gasteiger partial charge in [0.05, 0.1) is 12.6 Å². The quantitative estimate of drug-likeness (QED) is 0.838. The van der Waals surface area contributed by atoms with E-state index in [0.717, 1.165) is 11.4 Å². The standard InChI is InChI=1S/C14H20N6O/c1-11(14-18-16-10-20(14)3)17-13(21)9-19(2)8-12-5-4-6-15-7-12/h4-7,10-11H,8-9H2,1-3H3,(H,17,21). The number of carbonyl (C=O) groups excluding carboxylic acids is 1. The highest BCUT2D eigenvalue weighted by molar-refractivity contribution is 5.78. The first-order valence-electron chi connectivity index (χ1n) is 6.77. The molecule has 0 saturated carbocycles. The number of pyridine rings is 1. The number of rotatable bonds is 6. The van der Waals surface area contributed by atoms with Crippen molar-refractivity contribution in [3.8, 4) is 0 Å². The number of hydrogen-bond acceptors (Lipinski definition) is 5. The van der Waals surface area contributed by atoms with E-state index in [1.54, 1.807) is 23.3 Å². The highest BCUT2D eigenvalue weighted by Crippen LogP contribution is 2.07. The topological polar surface area (TPSA) is 75.9 Å². The molecule has 1 unspecified atom stereocenters. The van der Waals surface area contributed by atoms with Crippen molar-refractivity contribution >= 4 is 5.91 Å². The lowest BCUT2D eigenvalue weighted by atomic mass is 10.2. The second kappa shape index (κ2) is 6.94. The number of aromatic nitrogens is 4. The molecule has 0 aliphatic carbocycles. The minimum atomic E-state index is -0.170. The molecule has 0 bridgehead atoms. The second-order valence-electron chi connectivity index (χ2n) is 5.12. The molecule has 0 spiro atoms. The molecule has 1 amide bonds. The second-order valence-corrected chi connectivity index (χ2v) is 5.12. The molecule has 0 radical (unpaired) electrons. The zero-order chi connectivity index (χ0) is 15.2. The summed E-state index contributed by atoms with van der Waals surface area (Å²) in [6, 6.07) is 3.71. The molecule has 2 aromatic heterocycles. The minimum Gasteiger partial charge on any atom is -0.345 e. The Labute approximate surface area is 124 Å². The largest absolute Gasteiger partial charge is 0.345 e. The molecule has 0 aliphatic rings. The summed E-state index contributed by atoms with van der Waals surface area (Å²) in [5.74, 6) is 0.690. The smallest absolute Gasteiger partial charge is 0.234 e. The maximum Gasteiger partial charge on any atom is 0.234 e. The van der Waals surface area contributed by atoms with Crippen LogP contribution in [0.3, 0.4) is 0 Å². The highest BCUT2D eigenvalue weighted by Gasteiger charge is 2.15. The van der Waals surface area contributed by atoms with Gasteiger partial charge in [0, 0.05) is 26.0 Å². The van der Waals surface area contributed by atoms with Gasteiger partial charge in [-0.3, -0.25) is 14.7 Å². The Morgan fingerprint density at radius 1 is 1.52 bits per heavy atom. The zero-order valence-corrected chi connectivity index (χ0v) is 12.5. The van der Waals surface area contributed by atoms with Crippen LogP contribution < -0.4 is 5.32 Å². The Morgan fingerprint density at radius 3 is 2.95 bits per heavy atom. The van der Waals surface area contributed by atoms with Gasteiger partial charge in [0.25, 0.3) is 0 Å². The Bertz CT molecular complexity index is 582. The summed E-state index contributed by atoms with van der Waals surface area (Å²) in [6.45, 7) is 2.89. The lowest BCUT2D eigenvalue weighted by Gasteiger charge is -2.18. The normalized spacial score (nSPS) is 12.4. The average molecular weight is 288 g/mol. The van der Waals surface area contributed by atoms with E-state index < -0.39 is 0 Å². The molecule has 1 N–H and O–H groups in total. The lowest BCUT2D eigenvalue weighted by molar-refractivity contribution is -0.122. The number of aryl methyl sites for hydroxylation is 1. The first kappa shape index (κ1) is 15.1. The zero-order valence-electron chi connectivity index (χ0n) is 12.5. The van der Waals surface area contributed by atoms with Crippen molar-refractivity contribution in [1.82, 2.24) is 30.0 Å². The summed E-state index contributed by atoms with van der Waals surface area (Å²) in [5, 5.41) is 10.7. The fourth-order valence-electron chi connectivity index (χ4n) is 2.14. The molecule has 0 saturated heterocycles. The van der Waals surface area contributed by atoms with Gasteiger partial charge in [-0.2, -0.15) is 0 Å². The molecule has 7 nitrogen and oxygen atoms in total. The van der Waals surface area contributed by atoms with E-state index in [-0.39, 0.29) is 11.9 Å². The Morgan fingerprint density at radius 2 is 2.33 bits per heavy atom. The van der Waals surface area contributed by atoms with Gasteiger partial charge in [0.1, 0.15) is 6.33 Å². The van der Waals surface area contributed by atoms with Gasteiger partial charge in [-0.05, 0) is 25.6 Å². The minimum absolute atomic E-state index is 0.0445. The molecule has 0 fully saturated rings. The van der Waals surface area contributed by atoms with Crippen molar-refractivity contribution < 1.29 is 4.79 Å². The average Bonchev–Trinajstić information content (AvgIpc) is 2.85. The fourth-order valence-corrected chi connectivity index (χ4v) is 2.14. The van der Waals surface area contributed by atoms with E-state index in [0.29, 0.717) is 13.1 Å². The number of nitrogens with one attached hydrogen (secondary N) is 1. The van der Waals surface area contributed by atoms with Crippen LogP contribution in [0.2, 0.25) is 0 Å². The van der Waals surface area contributed by atoms with Crippen LogP contribution in [0.4, 0.5) is 0 Å². The summed E-state index contributed by atoms with van der Waals surface area (Å²) >= 11 is 0. The lowest BCUT2D eigenvalue weighted by Crippen LogP contribution is -2.36. The Balaban J connectivity index is 1.83. The number of hydrogen-bond donors (Lipinski definition) is 1. The number of amides is 1. The summed E-state index contributed by atoms with van der Waals surface area (Å²) in [6.07, 6.45) is 5.15. The van der Waals surface area contributed by atoms with Gasteiger partial charge in [-0.1, -0.05) is 6.07 Å². The van der Waals surface area contributed by atoms with Crippen molar-refractivity contribution in [3.63, 3.8) is 0 Å². The van der Waals surface area contributed by atoms with E-state index in [2.05, 4.69) is 20.5 Å². The van der Waals surface area contributed by atoms with Gasteiger partial charge < -0.3 is 9.88 Å². The third kappa shape index (κ3) is 4.35. The molecular formula is C14H20N6O. The van der Waals surface area contributed by atoms with Crippen LogP contribution >= 0.6 is 0 Å². The van der Waals surface area contributed by atoms with Gasteiger partial charge in [-0.25, -0.2) is 0 Å². The molecule has 2 aromatic rings. The van der Waals surface area contributed by atoms with E-state index in [9.17, 15) is 4.79 Å². The van der Waals surface area contributed by atoms with Crippen molar-refractivity contribution in [3.05, 3.63) is 42.2 Å². The van der Waals surface area contributed by atoms with Crippen molar-refractivity contribution in [1.29, 1.82) is 0 Å². The number of nitrogens with zero attached hydrogens (tertiary/aromatic N) is 5. The number of carbonyl (C=O) groups is 1. The van der Waals surface area contributed by atoms with Crippen molar-refractivity contribution in [2.75, 3.05) is 13.6 Å². The van der Waals surface area contributed by atoms with Gasteiger partial charge in [0.2, 0.25) is 5.91 Å². The first-order valence-corrected chi connectivity index (χ1v) is 6.77. The van der Waals surface area contributed by atoms with E-state index >= 15 is 0 Å². The van der Waals surface area contributed by atoms with E-state index in [1.807, 2.05) is 38.1 Å². The molecule has 112 valence electrons. The molecule has 2 rings (SSSR count). The molecule has 21 heavy (non-hydrogen) atoms. The van der Waals surface area contributed by atoms with E-state index in [4.69, 9.17) is 0 Å². The van der Waals surface area contributed by atoms with Crippen LogP contribution in [-0.4, -0.2) is 44.1 Å². The SMILES string of the molecule is CC(NC(=O)CN(C)Cc1cccnc1)c1nncn1C. The van der Waals surface area contributed by atoms with Crippen LogP contribution in [0.25, 0.3) is 0 Å². The monoisotopic (exact) mass is 288 g/mol. The van der Waals surface area contributed by atoms with Gasteiger partial charge in [0.15, 0.2) is 5.82 Å². The summed E-state index contributed by atoms with van der Waals surface area (Å²) < 4.78 is 1.80. The predicted octanol–water partition coefficient (Wildman–Crippen LogP) is 0.519. The predicted molar refractivity (Wildman–Crippen MR) is 78.1 cm³/mol.